The molecule has 0 aliphatic rings. The van der Waals surface area contributed by atoms with Crippen molar-refractivity contribution in [3.05, 3.63) is 40.4 Å². The van der Waals surface area contributed by atoms with E-state index < -0.39 is 0 Å². The van der Waals surface area contributed by atoms with Crippen molar-refractivity contribution in [2.24, 2.45) is 5.16 Å². The average Bonchev–Trinajstić information content (AvgIpc) is 2.91. The van der Waals surface area contributed by atoms with Crippen LogP contribution in [0.25, 0.3) is 0 Å². The maximum atomic E-state index is 12.2. The van der Waals surface area contributed by atoms with Crippen LogP contribution in [0.4, 0.5) is 5.69 Å². The number of para-hydroxylation sites is 1. The molecule has 1 amide bonds. The minimum Gasteiger partial charge on any atom is -0.396 e. The summed E-state index contributed by atoms with van der Waals surface area (Å²) in [5.74, 6) is -0.223. The van der Waals surface area contributed by atoms with Gasteiger partial charge in [-0.2, -0.15) is 0 Å². The van der Waals surface area contributed by atoms with Crippen molar-refractivity contribution in [1.29, 1.82) is 0 Å². The van der Waals surface area contributed by atoms with Crippen LogP contribution in [0.3, 0.4) is 0 Å². The molecule has 0 bridgehead atoms. The Hall–Kier alpha value is -2.28. The van der Waals surface area contributed by atoms with Gasteiger partial charge in [0.1, 0.15) is 11.5 Å². The number of anilines is 1. The van der Waals surface area contributed by atoms with Crippen LogP contribution >= 0.6 is 11.5 Å². The molecule has 0 aliphatic carbocycles. The maximum Gasteiger partial charge on any atom is 0.269 e. The summed E-state index contributed by atoms with van der Waals surface area (Å²) in [6, 6.07) is 7.44. The zero-order valence-corrected chi connectivity index (χ0v) is 12.9. The lowest BCUT2D eigenvalue weighted by Gasteiger charge is -2.10. The van der Waals surface area contributed by atoms with E-state index in [2.05, 4.69) is 20.1 Å². The van der Waals surface area contributed by atoms with Gasteiger partial charge in [0.05, 0.1) is 17.1 Å². The zero-order chi connectivity index (χ0) is 15.2. The molecule has 1 aromatic carbocycles. The first-order valence-electron chi connectivity index (χ1n) is 6.49. The van der Waals surface area contributed by atoms with Gasteiger partial charge in [0.15, 0.2) is 0 Å². The highest BCUT2D eigenvalue weighted by molar-refractivity contribution is 7.08. The lowest BCUT2D eigenvalue weighted by Crippen LogP contribution is -2.14. The standard InChI is InChI=1S/C14H16N4O2S/c1-4-20-17-9(2)11-7-5-6-8-12(11)15-14(19)13-10(3)16-18-21-13/h5-8H,4H2,1-3H3,(H,15,19)/b17-9+. The predicted molar refractivity (Wildman–Crippen MR) is 82.9 cm³/mol. The Morgan fingerprint density at radius 2 is 2.19 bits per heavy atom. The molecule has 0 atom stereocenters. The van der Waals surface area contributed by atoms with E-state index >= 15 is 0 Å². The number of carbonyl (C=O) groups is 1. The molecule has 7 heteroatoms. The molecule has 0 saturated carbocycles. The largest absolute Gasteiger partial charge is 0.396 e. The molecule has 2 rings (SSSR count). The molecule has 6 nitrogen and oxygen atoms in total. The maximum absolute atomic E-state index is 12.2. The molecular weight excluding hydrogens is 288 g/mol. The number of aromatic nitrogens is 2. The Morgan fingerprint density at radius 3 is 2.86 bits per heavy atom. The molecule has 0 aliphatic heterocycles. The van der Waals surface area contributed by atoms with Gasteiger partial charge in [0.25, 0.3) is 5.91 Å². The van der Waals surface area contributed by atoms with Crippen molar-refractivity contribution in [2.45, 2.75) is 20.8 Å². The van der Waals surface area contributed by atoms with Crippen LogP contribution in [0.15, 0.2) is 29.4 Å². The number of nitrogens with one attached hydrogen (secondary N) is 1. The summed E-state index contributed by atoms with van der Waals surface area (Å²) in [4.78, 5) is 17.8. The minimum atomic E-state index is -0.223. The molecule has 0 saturated heterocycles. The van der Waals surface area contributed by atoms with E-state index in [1.54, 1.807) is 6.92 Å². The topological polar surface area (TPSA) is 76.5 Å². The Labute approximate surface area is 127 Å². The van der Waals surface area contributed by atoms with Gasteiger partial charge in [0.2, 0.25) is 0 Å². The normalized spacial score (nSPS) is 11.3. The molecule has 1 heterocycles. The van der Waals surface area contributed by atoms with Crippen LogP contribution in [0.5, 0.6) is 0 Å². The number of amides is 1. The Kier molecular flexibility index (Phi) is 4.99. The van der Waals surface area contributed by atoms with Gasteiger partial charge in [0, 0.05) is 5.56 Å². The van der Waals surface area contributed by atoms with Gasteiger partial charge in [-0.05, 0) is 38.4 Å². The Morgan fingerprint density at radius 1 is 1.43 bits per heavy atom. The Balaban J connectivity index is 2.25. The molecule has 1 aromatic heterocycles. The molecule has 0 unspecified atom stereocenters. The second kappa shape index (κ2) is 6.94. The highest BCUT2D eigenvalue weighted by atomic mass is 32.1. The van der Waals surface area contributed by atoms with E-state index in [4.69, 9.17) is 4.84 Å². The number of nitrogens with zero attached hydrogens (tertiary/aromatic N) is 3. The van der Waals surface area contributed by atoms with Crippen LogP contribution in [-0.4, -0.2) is 27.8 Å². The molecule has 21 heavy (non-hydrogen) atoms. The van der Waals surface area contributed by atoms with E-state index in [0.717, 1.165) is 17.1 Å². The first kappa shape index (κ1) is 15.1. The quantitative estimate of drug-likeness (QED) is 0.680. The molecule has 0 spiro atoms. The van der Waals surface area contributed by atoms with Gasteiger partial charge in [-0.15, -0.1) is 5.10 Å². The average molecular weight is 304 g/mol. The van der Waals surface area contributed by atoms with Gasteiger partial charge < -0.3 is 10.2 Å². The van der Waals surface area contributed by atoms with Crippen LogP contribution in [0.1, 0.15) is 34.8 Å². The number of aryl methyl sites for hydroxylation is 1. The summed E-state index contributed by atoms with van der Waals surface area (Å²) in [5.41, 5.74) is 2.81. The van der Waals surface area contributed by atoms with Gasteiger partial charge >= 0.3 is 0 Å². The third-order valence-corrected chi connectivity index (χ3v) is 3.58. The molecule has 1 N–H and O–H groups in total. The number of oxime groups is 1. The molecule has 110 valence electrons. The summed E-state index contributed by atoms with van der Waals surface area (Å²) < 4.78 is 3.77. The van der Waals surface area contributed by atoms with E-state index in [-0.39, 0.29) is 5.91 Å². The van der Waals surface area contributed by atoms with Crippen molar-refractivity contribution < 1.29 is 9.63 Å². The van der Waals surface area contributed by atoms with Crippen LogP contribution < -0.4 is 5.32 Å². The lowest BCUT2D eigenvalue weighted by molar-refractivity contribution is 0.102. The highest BCUT2D eigenvalue weighted by Crippen LogP contribution is 2.19. The first-order valence-corrected chi connectivity index (χ1v) is 7.27. The van der Waals surface area contributed by atoms with Gasteiger partial charge in [-0.3, -0.25) is 4.79 Å². The molecular formula is C14H16N4O2S. The fourth-order valence-corrected chi connectivity index (χ4v) is 2.29. The van der Waals surface area contributed by atoms with E-state index in [1.807, 2.05) is 38.1 Å². The van der Waals surface area contributed by atoms with Crippen molar-refractivity contribution in [3.63, 3.8) is 0 Å². The summed E-state index contributed by atoms with van der Waals surface area (Å²) >= 11 is 1.08. The van der Waals surface area contributed by atoms with Crippen LogP contribution in [0, 0.1) is 6.92 Å². The predicted octanol–water partition coefficient (Wildman–Crippen LogP) is 2.86. The third kappa shape index (κ3) is 3.63. The summed E-state index contributed by atoms with van der Waals surface area (Å²) in [6.07, 6.45) is 0. The summed E-state index contributed by atoms with van der Waals surface area (Å²) in [7, 11) is 0. The Bertz CT molecular complexity index is 666. The number of benzene rings is 1. The number of rotatable bonds is 5. The van der Waals surface area contributed by atoms with Crippen molar-refractivity contribution >= 4 is 28.8 Å². The number of carbonyl (C=O) groups excluding carboxylic acids is 1. The summed E-state index contributed by atoms with van der Waals surface area (Å²) in [6.45, 7) is 5.95. The smallest absolute Gasteiger partial charge is 0.269 e. The third-order valence-electron chi connectivity index (χ3n) is 2.75. The second-order valence-corrected chi connectivity index (χ2v) is 5.04. The van der Waals surface area contributed by atoms with E-state index in [9.17, 15) is 4.79 Å². The van der Waals surface area contributed by atoms with E-state index in [1.165, 1.54) is 0 Å². The lowest BCUT2D eigenvalue weighted by atomic mass is 10.1. The van der Waals surface area contributed by atoms with Gasteiger partial charge in [-0.25, -0.2) is 0 Å². The van der Waals surface area contributed by atoms with Crippen molar-refractivity contribution in [2.75, 3.05) is 11.9 Å². The number of hydrogen-bond acceptors (Lipinski definition) is 6. The molecule has 0 fully saturated rings. The van der Waals surface area contributed by atoms with E-state index in [0.29, 0.717) is 28.6 Å². The van der Waals surface area contributed by atoms with Crippen LogP contribution in [-0.2, 0) is 4.84 Å². The molecule has 0 radical (unpaired) electrons. The highest BCUT2D eigenvalue weighted by Gasteiger charge is 2.15. The second-order valence-electron chi connectivity index (χ2n) is 4.28. The first-order chi connectivity index (χ1) is 10.1. The van der Waals surface area contributed by atoms with Crippen molar-refractivity contribution in [3.8, 4) is 0 Å². The SMILES string of the molecule is CCO/N=C(\C)c1ccccc1NC(=O)c1snnc1C. The van der Waals surface area contributed by atoms with Crippen LogP contribution in [0.2, 0.25) is 0 Å². The fourth-order valence-electron chi connectivity index (χ4n) is 1.74. The number of hydrogen-bond donors (Lipinski definition) is 1. The minimum absolute atomic E-state index is 0.223. The molecule has 2 aromatic rings. The van der Waals surface area contributed by atoms with Crippen molar-refractivity contribution in [1.82, 2.24) is 9.59 Å². The zero-order valence-electron chi connectivity index (χ0n) is 12.1. The summed E-state index contributed by atoms with van der Waals surface area (Å²) in [5, 5.41) is 10.7. The van der Waals surface area contributed by atoms with Gasteiger partial charge in [-0.1, -0.05) is 27.8 Å². The monoisotopic (exact) mass is 304 g/mol. The fraction of sp³-hybridized carbons (Fsp3) is 0.286.